The second-order valence-corrected chi connectivity index (χ2v) is 7.65. The van der Waals surface area contributed by atoms with Crippen LogP contribution in [0, 0.1) is 6.92 Å². The summed E-state index contributed by atoms with van der Waals surface area (Å²) in [7, 11) is 0. The minimum Gasteiger partial charge on any atom is -0.378 e. The average molecular weight is 433 g/mol. The largest absolute Gasteiger partial charge is 0.378 e. The number of carbonyl (C=O) groups is 1. The first-order valence-corrected chi connectivity index (χ1v) is 10.8. The maximum absolute atomic E-state index is 12.5. The molecule has 1 aliphatic heterocycles. The van der Waals surface area contributed by atoms with Crippen LogP contribution in [0.25, 0.3) is 0 Å². The molecule has 8 heteroatoms. The van der Waals surface area contributed by atoms with Gasteiger partial charge in [-0.05, 0) is 31.0 Å². The van der Waals surface area contributed by atoms with Gasteiger partial charge in [0.1, 0.15) is 5.82 Å². The van der Waals surface area contributed by atoms with E-state index in [-0.39, 0.29) is 5.91 Å². The summed E-state index contributed by atoms with van der Waals surface area (Å²) in [6, 6.07) is 19.5. The Bertz CT molecular complexity index is 1040. The molecular formula is C24H28N6O2. The number of rotatable bonds is 8. The van der Waals surface area contributed by atoms with Gasteiger partial charge >= 0.3 is 0 Å². The Morgan fingerprint density at radius 1 is 1.03 bits per heavy atom. The van der Waals surface area contributed by atoms with E-state index in [4.69, 9.17) is 4.74 Å². The minimum atomic E-state index is -0.223. The number of anilines is 3. The number of amides is 1. The molecule has 0 atom stereocenters. The SMILES string of the molecule is Cc1cccc(C(=O)NNc2cc(N3CCOCC3)nc(NCCc3ccccc3)n2)c1. The van der Waals surface area contributed by atoms with Crippen LogP contribution in [0.2, 0.25) is 0 Å². The number of nitrogens with one attached hydrogen (secondary N) is 3. The van der Waals surface area contributed by atoms with Crippen LogP contribution in [0.1, 0.15) is 21.5 Å². The van der Waals surface area contributed by atoms with E-state index < -0.39 is 0 Å². The van der Waals surface area contributed by atoms with E-state index in [0.29, 0.717) is 37.1 Å². The lowest BCUT2D eigenvalue weighted by atomic mass is 10.1. The molecule has 1 fully saturated rings. The van der Waals surface area contributed by atoms with E-state index in [1.54, 1.807) is 6.07 Å². The highest BCUT2D eigenvalue weighted by atomic mass is 16.5. The molecule has 1 amide bonds. The van der Waals surface area contributed by atoms with E-state index in [2.05, 4.69) is 43.2 Å². The summed E-state index contributed by atoms with van der Waals surface area (Å²) >= 11 is 0. The molecule has 2 aromatic carbocycles. The summed E-state index contributed by atoms with van der Waals surface area (Å²) in [6.07, 6.45) is 0.860. The van der Waals surface area contributed by atoms with Crippen molar-refractivity contribution in [3.63, 3.8) is 0 Å². The van der Waals surface area contributed by atoms with Gasteiger partial charge < -0.3 is 15.0 Å². The Balaban J connectivity index is 1.45. The van der Waals surface area contributed by atoms with Crippen molar-refractivity contribution < 1.29 is 9.53 Å². The minimum absolute atomic E-state index is 0.223. The fourth-order valence-corrected chi connectivity index (χ4v) is 3.47. The normalized spacial score (nSPS) is 13.5. The predicted molar refractivity (Wildman–Crippen MR) is 126 cm³/mol. The first-order valence-electron chi connectivity index (χ1n) is 10.8. The van der Waals surface area contributed by atoms with Crippen molar-refractivity contribution in [2.75, 3.05) is 48.5 Å². The number of hydrogen-bond donors (Lipinski definition) is 3. The van der Waals surface area contributed by atoms with Gasteiger partial charge in [-0.1, -0.05) is 48.0 Å². The number of aryl methyl sites for hydroxylation is 1. The number of ether oxygens (including phenoxy) is 1. The van der Waals surface area contributed by atoms with E-state index in [0.717, 1.165) is 30.9 Å². The van der Waals surface area contributed by atoms with Crippen LogP contribution >= 0.6 is 0 Å². The van der Waals surface area contributed by atoms with E-state index >= 15 is 0 Å². The monoisotopic (exact) mass is 432 g/mol. The van der Waals surface area contributed by atoms with Gasteiger partial charge in [-0.2, -0.15) is 9.97 Å². The quantitative estimate of drug-likeness (QED) is 0.471. The molecule has 4 rings (SSSR count). The lowest BCUT2D eigenvalue weighted by Gasteiger charge is -2.28. The second-order valence-electron chi connectivity index (χ2n) is 7.65. The van der Waals surface area contributed by atoms with Gasteiger partial charge in [0.05, 0.1) is 13.2 Å². The van der Waals surface area contributed by atoms with Crippen LogP contribution in [0.4, 0.5) is 17.6 Å². The van der Waals surface area contributed by atoms with Crippen LogP contribution in [-0.4, -0.2) is 48.7 Å². The number of carbonyl (C=O) groups excluding carboxylic acids is 1. The molecule has 3 N–H and O–H groups in total. The topological polar surface area (TPSA) is 91.4 Å². The van der Waals surface area contributed by atoms with Crippen molar-refractivity contribution in [3.05, 3.63) is 77.4 Å². The van der Waals surface area contributed by atoms with Crippen LogP contribution in [0.3, 0.4) is 0 Å². The summed E-state index contributed by atoms with van der Waals surface area (Å²) in [6.45, 7) is 5.49. The van der Waals surface area contributed by atoms with Crippen molar-refractivity contribution >= 4 is 23.5 Å². The molecular weight excluding hydrogens is 404 g/mol. The summed E-state index contributed by atoms with van der Waals surface area (Å²) in [4.78, 5) is 23.9. The van der Waals surface area contributed by atoms with Gasteiger partial charge in [0, 0.05) is 31.3 Å². The Labute approximate surface area is 188 Å². The third kappa shape index (κ3) is 5.95. The molecule has 0 saturated carbocycles. The lowest BCUT2D eigenvalue weighted by Crippen LogP contribution is -2.37. The first-order chi connectivity index (χ1) is 15.7. The summed E-state index contributed by atoms with van der Waals surface area (Å²) in [5.74, 6) is 1.60. The van der Waals surface area contributed by atoms with Crippen molar-refractivity contribution in [1.29, 1.82) is 0 Å². The van der Waals surface area contributed by atoms with Gasteiger partial charge in [0.2, 0.25) is 5.95 Å². The standard InChI is InChI=1S/C24H28N6O2/c1-18-6-5-9-20(16-18)23(31)29-28-21-17-22(30-12-14-32-15-13-30)27-24(26-21)25-11-10-19-7-3-2-4-8-19/h2-9,16-17H,10-15H2,1H3,(H,29,31)(H2,25,26,27,28). The van der Waals surface area contributed by atoms with Crippen LogP contribution in [-0.2, 0) is 11.2 Å². The molecule has 0 bridgehead atoms. The van der Waals surface area contributed by atoms with E-state index in [9.17, 15) is 4.79 Å². The highest BCUT2D eigenvalue weighted by Crippen LogP contribution is 2.19. The molecule has 0 radical (unpaired) electrons. The van der Waals surface area contributed by atoms with Crippen molar-refractivity contribution in [3.8, 4) is 0 Å². The molecule has 1 saturated heterocycles. The van der Waals surface area contributed by atoms with Crippen molar-refractivity contribution in [1.82, 2.24) is 15.4 Å². The van der Waals surface area contributed by atoms with Crippen LogP contribution in [0.15, 0.2) is 60.7 Å². The highest BCUT2D eigenvalue weighted by molar-refractivity contribution is 5.95. The van der Waals surface area contributed by atoms with Crippen molar-refractivity contribution in [2.45, 2.75) is 13.3 Å². The molecule has 32 heavy (non-hydrogen) atoms. The third-order valence-corrected chi connectivity index (χ3v) is 5.17. The molecule has 0 spiro atoms. The fraction of sp³-hybridized carbons (Fsp3) is 0.292. The van der Waals surface area contributed by atoms with Gasteiger partial charge in [0.15, 0.2) is 5.82 Å². The second kappa shape index (κ2) is 10.6. The van der Waals surface area contributed by atoms with E-state index in [1.807, 2.05) is 49.4 Å². The van der Waals surface area contributed by atoms with Crippen LogP contribution in [0.5, 0.6) is 0 Å². The molecule has 3 aromatic rings. The molecule has 0 unspecified atom stereocenters. The fourth-order valence-electron chi connectivity index (χ4n) is 3.47. The molecule has 2 heterocycles. The lowest BCUT2D eigenvalue weighted by molar-refractivity contribution is 0.0962. The Morgan fingerprint density at radius 3 is 2.62 bits per heavy atom. The zero-order chi connectivity index (χ0) is 22.2. The number of benzene rings is 2. The zero-order valence-electron chi connectivity index (χ0n) is 18.2. The summed E-state index contributed by atoms with van der Waals surface area (Å²) in [5, 5.41) is 3.31. The maximum Gasteiger partial charge on any atom is 0.269 e. The number of hydrogen-bond acceptors (Lipinski definition) is 7. The molecule has 1 aromatic heterocycles. The smallest absolute Gasteiger partial charge is 0.269 e. The maximum atomic E-state index is 12.5. The van der Waals surface area contributed by atoms with Gasteiger partial charge in [-0.15, -0.1) is 0 Å². The molecule has 8 nitrogen and oxygen atoms in total. The summed E-state index contributed by atoms with van der Waals surface area (Å²) in [5.41, 5.74) is 8.53. The van der Waals surface area contributed by atoms with E-state index in [1.165, 1.54) is 5.56 Å². The van der Waals surface area contributed by atoms with Crippen molar-refractivity contribution in [2.24, 2.45) is 0 Å². The number of nitrogens with zero attached hydrogens (tertiary/aromatic N) is 3. The first kappa shape index (κ1) is 21.6. The number of hydrazine groups is 1. The average Bonchev–Trinajstić information content (AvgIpc) is 2.84. The number of morpholine rings is 1. The predicted octanol–water partition coefficient (Wildman–Crippen LogP) is 3.03. The summed E-state index contributed by atoms with van der Waals surface area (Å²) < 4.78 is 5.46. The van der Waals surface area contributed by atoms with Crippen LogP contribution < -0.4 is 21.1 Å². The zero-order valence-corrected chi connectivity index (χ0v) is 18.2. The Kier molecular flexibility index (Phi) is 7.14. The van der Waals surface area contributed by atoms with Gasteiger partial charge in [-0.3, -0.25) is 15.6 Å². The Hall–Kier alpha value is -3.65. The molecule has 1 aliphatic rings. The Morgan fingerprint density at radius 2 is 1.84 bits per heavy atom. The highest BCUT2D eigenvalue weighted by Gasteiger charge is 2.15. The molecule has 0 aliphatic carbocycles. The third-order valence-electron chi connectivity index (χ3n) is 5.17. The van der Waals surface area contributed by atoms with Gasteiger partial charge in [0.25, 0.3) is 5.91 Å². The molecule has 166 valence electrons. The van der Waals surface area contributed by atoms with Gasteiger partial charge in [-0.25, -0.2) is 0 Å². The number of aromatic nitrogens is 2.